The molecule has 1 aromatic rings. The molecule has 5 heteroatoms. The van der Waals surface area contributed by atoms with Gasteiger partial charge in [0, 0.05) is 25.7 Å². The predicted molar refractivity (Wildman–Crippen MR) is 77.3 cm³/mol. The van der Waals surface area contributed by atoms with Gasteiger partial charge < -0.3 is 14.6 Å². The van der Waals surface area contributed by atoms with Crippen molar-refractivity contribution >= 4 is 11.6 Å². The molecule has 2 aliphatic rings. The van der Waals surface area contributed by atoms with Crippen LogP contribution in [0.5, 0.6) is 11.5 Å². The number of hydrogen-bond donors (Lipinski definition) is 1. The molecule has 110 valence electrons. The van der Waals surface area contributed by atoms with Crippen LogP contribution in [0.1, 0.15) is 31.2 Å². The minimum absolute atomic E-state index is 0.241. The highest BCUT2D eigenvalue weighted by atomic mass is 35.5. The number of halogens is 1. The number of benzene rings is 1. The first kappa shape index (κ1) is 14.0. The molecule has 1 aliphatic heterocycles. The van der Waals surface area contributed by atoms with E-state index in [2.05, 4.69) is 4.90 Å². The SMILES string of the molecule is OCCCN(Cc1cc(Cl)c2c(c1)OCO2)C1CCC1. The smallest absolute Gasteiger partial charge is 0.231 e. The summed E-state index contributed by atoms with van der Waals surface area (Å²) in [6, 6.07) is 4.61. The summed E-state index contributed by atoms with van der Waals surface area (Å²) < 4.78 is 10.8. The number of nitrogens with zero attached hydrogens (tertiary/aromatic N) is 1. The first-order chi connectivity index (χ1) is 9.78. The van der Waals surface area contributed by atoms with Crippen LogP contribution >= 0.6 is 11.6 Å². The molecule has 0 saturated heterocycles. The quantitative estimate of drug-likeness (QED) is 0.877. The van der Waals surface area contributed by atoms with Gasteiger partial charge in [-0.2, -0.15) is 0 Å². The van der Waals surface area contributed by atoms with Crippen LogP contribution in [-0.2, 0) is 6.54 Å². The molecule has 0 spiro atoms. The van der Waals surface area contributed by atoms with Gasteiger partial charge in [-0.3, -0.25) is 4.90 Å². The van der Waals surface area contributed by atoms with Gasteiger partial charge in [0.1, 0.15) is 0 Å². The minimum atomic E-state index is 0.241. The molecule has 1 N–H and O–H groups in total. The fourth-order valence-corrected chi connectivity index (χ4v) is 3.05. The Labute approximate surface area is 124 Å². The Morgan fingerprint density at radius 1 is 1.30 bits per heavy atom. The molecule has 3 rings (SSSR count). The lowest BCUT2D eigenvalue weighted by molar-refractivity contribution is 0.109. The molecule has 0 aromatic heterocycles. The highest BCUT2D eigenvalue weighted by Crippen LogP contribution is 2.40. The molecular weight excluding hydrogens is 278 g/mol. The van der Waals surface area contributed by atoms with Crippen LogP contribution in [0, 0.1) is 0 Å². The molecule has 1 saturated carbocycles. The zero-order chi connectivity index (χ0) is 13.9. The van der Waals surface area contributed by atoms with Gasteiger partial charge in [-0.1, -0.05) is 18.0 Å². The zero-order valence-electron chi connectivity index (χ0n) is 11.5. The maximum Gasteiger partial charge on any atom is 0.231 e. The molecule has 1 fully saturated rings. The number of fused-ring (bicyclic) bond motifs is 1. The molecule has 0 amide bonds. The summed E-state index contributed by atoms with van der Waals surface area (Å²) in [5.74, 6) is 1.39. The molecule has 1 heterocycles. The number of aliphatic hydroxyl groups is 1. The fourth-order valence-electron chi connectivity index (χ4n) is 2.76. The third kappa shape index (κ3) is 2.87. The molecule has 1 aliphatic carbocycles. The van der Waals surface area contributed by atoms with E-state index < -0.39 is 0 Å². The number of aliphatic hydroxyl groups excluding tert-OH is 1. The monoisotopic (exact) mass is 297 g/mol. The van der Waals surface area contributed by atoms with Crippen molar-refractivity contribution in [3.8, 4) is 11.5 Å². The van der Waals surface area contributed by atoms with E-state index in [1.54, 1.807) is 0 Å². The Hall–Kier alpha value is -0.970. The molecule has 0 bridgehead atoms. The van der Waals surface area contributed by atoms with E-state index >= 15 is 0 Å². The van der Waals surface area contributed by atoms with E-state index in [9.17, 15) is 0 Å². The van der Waals surface area contributed by atoms with Crippen molar-refractivity contribution in [3.05, 3.63) is 22.7 Å². The van der Waals surface area contributed by atoms with Crippen LogP contribution in [0.2, 0.25) is 5.02 Å². The highest BCUT2D eigenvalue weighted by molar-refractivity contribution is 6.32. The summed E-state index contributed by atoms with van der Waals surface area (Å²) in [6.07, 6.45) is 4.63. The van der Waals surface area contributed by atoms with Crippen LogP contribution in [0.4, 0.5) is 0 Å². The van der Waals surface area contributed by atoms with Crippen molar-refractivity contribution < 1.29 is 14.6 Å². The Balaban J connectivity index is 1.72. The van der Waals surface area contributed by atoms with Crippen molar-refractivity contribution in [1.29, 1.82) is 0 Å². The van der Waals surface area contributed by atoms with Gasteiger partial charge >= 0.3 is 0 Å². The lowest BCUT2D eigenvalue weighted by Crippen LogP contribution is -2.40. The Morgan fingerprint density at radius 2 is 2.15 bits per heavy atom. The third-order valence-corrected chi connectivity index (χ3v) is 4.35. The summed E-state index contributed by atoms with van der Waals surface area (Å²) in [5.41, 5.74) is 1.14. The summed E-state index contributed by atoms with van der Waals surface area (Å²) in [7, 11) is 0. The predicted octanol–water partition coefficient (Wildman–Crippen LogP) is 2.81. The summed E-state index contributed by atoms with van der Waals surface area (Å²) in [5, 5.41) is 9.66. The number of rotatable bonds is 6. The number of ether oxygens (including phenoxy) is 2. The lowest BCUT2D eigenvalue weighted by Gasteiger charge is -2.37. The van der Waals surface area contributed by atoms with Crippen LogP contribution in [0.3, 0.4) is 0 Å². The first-order valence-corrected chi connectivity index (χ1v) is 7.58. The van der Waals surface area contributed by atoms with Crippen LogP contribution < -0.4 is 9.47 Å². The van der Waals surface area contributed by atoms with Crippen molar-refractivity contribution in [2.24, 2.45) is 0 Å². The summed E-state index contributed by atoms with van der Waals surface area (Å²) in [6.45, 7) is 2.26. The average Bonchev–Trinajstić information content (AvgIpc) is 2.82. The zero-order valence-corrected chi connectivity index (χ0v) is 12.2. The van der Waals surface area contributed by atoms with E-state index in [0.717, 1.165) is 30.8 Å². The van der Waals surface area contributed by atoms with Crippen molar-refractivity contribution in [2.45, 2.75) is 38.3 Å². The van der Waals surface area contributed by atoms with E-state index in [1.807, 2.05) is 12.1 Å². The second-order valence-corrected chi connectivity index (χ2v) is 5.85. The Kier molecular flexibility index (Phi) is 4.34. The average molecular weight is 298 g/mol. The number of hydrogen-bond acceptors (Lipinski definition) is 4. The van der Waals surface area contributed by atoms with Crippen LogP contribution in [-0.4, -0.2) is 36.0 Å². The van der Waals surface area contributed by atoms with E-state index in [0.29, 0.717) is 16.8 Å². The maximum atomic E-state index is 9.04. The Morgan fingerprint density at radius 3 is 2.85 bits per heavy atom. The molecule has 1 aromatic carbocycles. The lowest BCUT2D eigenvalue weighted by atomic mass is 9.91. The summed E-state index contributed by atoms with van der Waals surface area (Å²) >= 11 is 6.23. The molecule has 0 atom stereocenters. The Bertz CT molecular complexity index is 476. The van der Waals surface area contributed by atoms with Crippen molar-refractivity contribution in [3.63, 3.8) is 0 Å². The van der Waals surface area contributed by atoms with Gasteiger partial charge in [-0.05, 0) is 37.0 Å². The summed E-state index contributed by atoms with van der Waals surface area (Å²) in [4.78, 5) is 2.44. The maximum absolute atomic E-state index is 9.04. The van der Waals surface area contributed by atoms with Gasteiger partial charge in [-0.15, -0.1) is 0 Å². The molecule has 20 heavy (non-hydrogen) atoms. The minimum Gasteiger partial charge on any atom is -0.454 e. The standard InChI is InChI=1S/C15H20ClNO3/c16-13-7-11(8-14-15(13)20-10-19-14)9-17(5-2-6-18)12-3-1-4-12/h7-8,12,18H,1-6,9-10H2. The van der Waals surface area contributed by atoms with Gasteiger partial charge in [0.05, 0.1) is 5.02 Å². The van der Waals surface area contributed by atoms with Crippen molar-refractivity contribution in [2.75, 3.05) is 19.9 Å². The molecule has 0 radical (unpaired) electrons. The van der Waals surface area contributed by atoms with E-state index in [-0.39, 0.29) is 13.4 Å². The fraction of sp³-hybridized carbons (Fsp3) is 0.600. The molecule has 0 unspecified atom stereocenters. The largest absolute Gasteiger partial charge is 0.454 e. The second kappa shape index (κ2) is 6.20. The molecular formula is C15H20ClNO3. The van der Waals surface area contributed by atoms with Gasteiger partial charge in [0.2, 0.25) is 6.79 Å². The van der Waals surface area contributed by atoms with Crippen molar-refractivity contribution in [1.82, 2.24) is 4.90 Å². The van der Waals surface area contributed by atoms with Crippen LogP contribution in [0.15, 0.2) is 12.1 Å². The van der Waals surface area contributed by atoms with Gasteiger partial charge in [0.25, 0.3) is 0 Å². The second-order valence-electron chi connectivity index (χ2n) is 5.44. The topological polar surface area (TPSA) is 41.9 Å². The van der Waals surface area contributed by atoms with Gasteiger partial charge in [-0.25, -0.2) is 0 Å². The normalized spacial score (nSPS) is 17.6. The van der Waals surface area contributed by atoms with E-state index in [4.69, 9.17) is 26.2 Å². The molecule has 4 nitrogen and oxygen atoms in total. The first-order valence-electron chi connectivity index (χ1n) is 7.21. The van der Waals surface area contributed by atoms with E-state index in [1.165, 1.54) is 19.3 Å². The highest BCUT2D eigenvalue weighted by Gasteiger charge is 2.25. The van der Waals surface area contributed by atoms with Crippen LogP contribution in [0.25, 0.3) is 0 Å². The third-order valence-electron chi connectivity index (χ3n) is 4.07. The van der Waals surface area contributed by atoms with Gasteiger partial charge in [0.15, 0.2) is 11.5 Å².